The predicted octanol–water partition coefficient (Wildman–Crippen LogP) is 4.22. The molecule has 110 valence electrons. The predicted molar refractivity (Wildman–Crippen MR) is 79.3 cm³/mol. The maximum atomic E-state index is 13.0. The Kier molecular flexibility index (Phi) is 7.40. The van der Waals surface area contributed by atoms with Gasteiger partial charge in [-0.2, -0.15) is 0 Å². The molecule has 0 bridgehead atoms. The molecular weight excluding hydrogens is 257 g/mol. The lowest BCUT2D eigenvalue weighted by Crippen LogP contribution is -2.29. The van der Waals surface area contributed by atoms with Gasteiger partial charge in [-0.15, -0.1) is 6.58 Å². The van der Waals surface area contributed by atoms with Crippen LogP contribution in [0.4, 0.5) is 10.1 Å². The summed E-state index contributed by atoms with van der Waals surface area (Å²) in [4.78, 5) is 11.2. The second-order valence-electron chi connectivity index (χ2n) is 4.83. The van der Waals surface area contributed by atoms with Gasteiger partial charge in [0.25, 0.3) is 0 Å². The highest BCUT2D eigenvalue weighted by atomic mass is 19.1. The van der Waals surface area contributed by atoms with Crippen LogP contribution in [0.1, 0.15) is 38.5 Å². The van der Waals surface area contributed by atoms with E-state index < -0.39 is 12.0 Å². The van der Waals surface area contributed by atoms with Gasteiger partial charge in [0.2, 0.25) is 0 Å². The molecule has 0 radical (unpaired) electrons. The second kappa shape index (κ2) is 9.13. The number of rotatable bonds is 10. The van der Waals surface area contributed by atoms with E-state index in [0.29, 0.717) is 12.1 Å². The fourth-order valence-corrected chi connectivity index (χ4v) is 2.03. The Hall–Kier alpha value is -1.84. The zero-order valence-electron chi connectivity index (χ0n) is 11.6. The largest absolute Gasteiger partial charge is 0.480 e. The van der Waals surface area contributed by atoms with Gasteiger partial charge in [0.15, 0.2) is 0 Å². The van der Waals surface area contributed by atoms with Gasteiger partial charge in [-0.05, 0) is 37.5 Å². The van der Waals surface area contributed by atoms with Crippen molar-refractivity contribution in [3.63, 3.8) is 0 Å². The Labute approximate surface area is 119 Å². The van der Waals surface area contributed by atoms with Crippen LogP contribution in [0, 0.1) is 5.82 Å². The van der Waals surface area contributed by atoms with Crippen LogP contribution >= 0.6 is 0 Å². The number of anilines is 1. The SMILES string of the molecule is C=CCCCCCCC(Nc1cccc(F)c1)C(=O)O. The van der Waals surface area contributed by atoms with Crippen LogP contribution in [0.2, 0.25) is 0 Å². The minimum Gasteiger partial charge on any atom is -0.480 e. The zero-order valence-corrected chi connectivity index (χ0v) is 11.6. The second-order valence-corrected chi connectivity index (χ2v) is 4.83. The molecule has 0 saturated carbocycles. The number of nitrogens with one attached hydrogen (secondary N) is 1. The van der Waals surface area contributed by atoms with Crippen molar-refractivity contribution >= 4 is 11.7 Å². The molecule has 0 aromatic heterocycles. The monoisotopic (exact) mass is 279 g/mol. The first-order chi connectivity index (χ1) is 9.63. The minimum atomic E-state index is -0.902. The van der Waals surface area contributed by atoms with Gasteiger partial charge in [-0.25, -0.2) is 9.18 Å². The van der Waals surface area contributed by atoms with Crippen LogP contribution in [0.15, 0.2) is 36.9 Å². The molecule has 0 aliphatic rings. The summed E-state index contributed by atoms with van der Waals surface area (Å²) in [5, 5.41) is 12.0. The zero-order chi connectivity index (χ0) is 14.8. The molecule has 0 fully saturated rings. The average Bonchev–Trinajstić information content (AvgIpc) is 2.41. The number of carboxylic acid groups (broad SMARTS) is 1. The summed E-state index contributed by atoms with van der Waals surface area (Å²) in [5.74, 6) is -1.27. The highest BCUT2D eigenvalue weighted by molar-refractivity contribution is 5.77. The molecule has 1 unspecified atom stereocenters. The standard InChI is InChI=1S/C16H22FNO2/c1-2-3-4-5-6-7-11-15(16(19)20)18-14-10-8-9-13(17)12-14/h2,8-10,12,15,18H,1,3-7,11H2,(H,19,20). The van der Waals surface area contributed by atoms with Crippen LogP contribution in [0.3, 0.4) is 0 Å². The van der Waals surface area contributed by atoms with E-state index in [4.69, 9.17) is 0 Å². The molecule has 0 saturated heterocycles. The minimum absolute atomic E-state index is 0.372. The van der Waals surface area contributed by atoms with Gasteiger partial charge in [0.05, 0.1) is 0 Å². The molecule has 0 heterocycles. The van der Waals surface area contributed by atoms with Crippen LogP contribution in [0.25, 0.3) is 0 Å². The van der Waals surface area contributed by atoms with Crippen LogP contribution < -0.4 is 5.32 Å². The van der Waals surface area contributed by atoms with E-state index in [9.17, 15) is 14.3 Å². The van der Waals surface area contributed by atoms with Gasteiger partial charge in [-0.1, -0.05) is 31.4 Å². The molecule has 20 heavy (non-hydrogen) atoms. The quantitative estimate of drug-likeness (QED) is 0.498. The van der Waals surface area contributed by atoms with Crippen molar-refractivity contribution in [2.75, 3.05) is 5.32 Å². The molecule has 1 aromatic carbocycles. The third-order valence-corrected chi connectivity index (χ3v) is 3.11. The molecule has 1 atom stereocenters. The fraction of sp³-hybridized carbons (Fsp3) is 0.438. The van der Waals surface area contributed by atoms with Gasteiger partial charge < -0.3 is 10.4 Å². The first-order valence-corrected chi connectivity index (χ1v) is 6.99. The highest BCUT2D eigenvalue weighted by Gasteiger charge is 2.16. The molecule has 1 rings (SSSR count). The number of hydrogen-bond acceptors (Lipinski definition) is 2. The van der Waals surface area contributed by atoms with Crippen LogP contribution in [-0.4, -0.2) is 17.1 Å². The highest BCUT2D eigenvalue weighted by Crippen LogP contribution is 2.14. The third-order valence-electron chi connectivity index (χ3n) is 3.11. The van der Waals surface area contributed by atoms with Crippen molar-refractivity contribution in [2.24, 2.45) is 0 Å². The summed E-state index contributed by atoms with van der Waals surface area (Å²) in [7, 11) is 0. The summed E-state index contributed by atoms with van der Waals surface area (Å²) in [5.41, 5.74) is 0.504. The van der Waals surface area contributed by atoms with Crippen molar-refractivity contribution in [1.29, 1.82) is 0 Å². The molecule has 3 nitrogen and oxygen atoms in total. The van der Waals surface area contributed by atoms with E-state index in [1.54, 1.807) is 12.1 Å². The van der Waals surface area contributed by atoms with Crippen molar-refractivity contribution < 1.29 is 14.3 Å². The number of unbranched alkanes of at least 4 members (excludes halogenated alkanes) is 4. The number of halogens is 1. The van der Waals surface area contributed by atoms with Crippen molar-refractivity contribution in [2.45, 2.75) is 44.6 Å². The lowest BCUT2D eigenvalue weighted by Gasteiger charge is -2.15. The normalized spacial score (nSPS) is 11.8. The smallest absolute Gasteiger partial charge is 0.326 e. The summed E-state index contributed by atoms with van der Waals surface area (Å²) in [6.45, 7) is 3.67. The Morgan fingerprint density at radius 2 is 2.10 bits per heavy atom. The number of carboxylic acids is 1. The molecule has 0 aliphatic heterocycles. The molecule has 0 aliphatic carbocycles. The molecule has 2 N–H and O–H groups in total. The average molecular weight is 279 g/mol. The molecule has 0 amide bonds. The molecular formula is C16H22FNO2. The molecule has 0 spiro atoms. The Bertz CT molecular complexity index is 434. The van der Waals surface area contributed by atoms with Gasteiger partial charge >= 0.3 is 5.97 Å². The third kappa shape index (κ3) is 6.36. The lowest BCUT2D eigenvalue weighted by atomic mass is 10.1. The molecule has 1 aromatic rings. The first kappa shape index (κ1) is 16.2. The van der Waals surface area contributed by atoms with E-state index >= 15 is 0 Å². The lowest BCUT2D eigenvalue weighted by molar-refractivity contribution is -0.138. The topological polar surface area (TPSA) is 49.3 Å². The maximum absolute atomic E-state index is 13.0. The van der Waals surface area contributed by atoms with Crippen molar-refractivity contribution in [1.82, 2.24) is 0 Å². The van der Waals surface area contributed by atoms with Gasteiger partial charge in [0.1, 0.15) is 11.9 Å². The maximum Gasteiger partial charge on any atom is 0.326 e. The van der Waals surface area contributed by atoms with E-state index in [0.717, 1.165) is 32.1 Å². The number of allylic oxidation sites excluding steroid dienone is 1. The number of aliphatic carboxylic acids is 1. The Morgan fingerprint density at radius 1 is 1.35 bits per heavy atom. The van der Waals surface area contributed by atoms with E-state index in [-0.39, 0.29) is 5.82 Å². The van der Waals surface area contributed by atoms with Crippen molar-refractivity contribution in [3.8, 4) is 0 Å². The molecule has 4 heteroatoms. The summed E-state index contributed by atoms with van der Waals surface area (Å²) in [6, 6.07) is 5.20. The first-order valence-electron chi connectivity index (χ1n) is 6.99. The summed E-state index contributed by atoms with van der Waals surface area (Å²) >= 11 is 0. The van der Waals surface area contributed by atoms with Gasteiger partial charge in [-0.3, -0.25) is 0 Å². The number of carbonyl (C=O) groups is 1. The number of hydrogen-bond donors (Lipinski definition) is 2. The van der Waals surface area contributed by atoms with Gasteiger partial charge in [0, 0.05) is 5.69 Å². The van der Waals surface area contributed by atoms with Crippen LogP contribution in [-0.2, 0) is 4.79 Å². The Morgan fingerprint density at radius 3 is 2.75 bits per heavy atom. The van der Waals surface area contributed by atoms with E-state index in [2.05, 4.69) is 11.9 Å². The van der Waals surface area contributed by atoms with Crippen LogP contribution in [0.5, 0.6) is 0 Å². The Balaban J connectivity index is 2.37. The fourth-order valence-electron chi connectivity index (χ4n) is 2.03. The van der Waals surface area contributed by atoms with E-state index in [1.165, 1.54) is 12.1 Å². The summed E-state index contributed by atoms with van der Waals surface area (Å²) < 4.78 is 13.0. The number of benzene rings is 1. The van der Waals surface area contributed by atoms with Crippen molar-refractivity contribution in [3.05, 3.63) is 42.7 Å². The summed E-state index contributed by atoms with van der Waals surface area (Å²) in [6.07, 6.45) is 7.46. The van der Waals surface area contributed by atoms with E-state index in [1.807, 2.05) is 6.08 Å².